The van der Waals surface area contributed by atoms with Crippen molar-refractivity contribution < 1.29 is 14.7 Å². The standard InChI is InChI=1S/C19H26N4O4/c1-5-20-14(16(24)22(7-3)18(20)26)12-10-9-11-13-15-17(25)23(8-4)19(27)21(15)6-2/h9-13,24H,5-8H2,1-4H3/p-1/b11-9+,12-10+,15-13-. The van der Waals surface area contributed by atoms with Crippen LogP contribution >= 0.6 is 0 Å². The zero-order valence-corrected chi connectivity index (χ0v) is 16.1. The number of likely N-dealkylation sites (N-methyl/N-ethyl adjacent to an activating group) is 2. The third-order valence-corrected chi connectivity index (χ3v) is 4.43. The molecule has 1 aromatic rings. The van der Waals surface area contributed by atoms with Gasteiger partial charge in [-0.2, -0.15) is 0 Å². The Hall–Kier alpha value is -3.03. The minimum absolute atomic E-state index is 0.316. The van der Waals surface area contributed by atoms with Gasteiger partial charge in [-0.25, -0.2) is 9.59 Å². The van der Waals surface area contributed by atoms with Crippen LogP contribution in [0, 0.1) is 0 Å². The van der Waals surface area contributed by atoms with E-state index in [1.807, 2.05) is 0 Å². The van der Waals surface area contributed by atoms with E-state index in [0.29, 0.717) is 37.6 Å². The molecule has 1 fully saturated rings. The molecular weight excluding hydrogens is 348 g/mol. The highest BCUT2D eigenvalue weighted by molar-refractivity contribution is 6.11. The van der Waals surface area contributed by atoms with E-state index in [2.05, 4.69) is 0 Å². The molecule has 1 aliphatic rings. The van der Waals surface area contributed by atoms with Crippen molar-refractivity contribution in [2.75, 3.05) is 13.1 Å². The van der Waals surface area contributed by atoms with Crippen molar-refractivity contribution in [1.29, 1.82) is 0 Å². The second kappa shape index (κ2) is 8.57. The molecule has 27 heavy (non-hydrogen) atoms. The molecule has 1 saturated heterocycles. The van der Waals surface area contributed by atoms with Gasteiger partial charge >= 0.3 is 11.7 Å². The van der Waals surface area contributed by atoms with Gasteiger partial charge in [-0.15, -0.1) is 0 Å². The molecule has 1 aliphatic heterocycles. The molecule has 1 aromatic heterocycles. The number of allylic oxidation sites excluding steroid dienone is 4. The van der Waals surface area contributed by atoms with Gasteiger partial charge < -0.3 is 9.67 Å². The molecule has 0 aliphatic carbocycles. The molecule has 0 radical (unpaired) electrons. The molecule has 0 unspecified atom stereocenters. The average Bonchev–Trinajstić information content (AvgIpc) is 3.03. The zero-order valence-electron chi connectivity index (χ0n) is 16.1. The van der Waals surface area contributed by atoms with Gasteiger partial charge in [0.15, 0.2) is 0 Å². The molecule has 2 heterocycles. The summed E-state index contributed by atoms with van der Waals surface area (Å²) in [5.41, 5.74) is 0.325. The van der Waals surface area contributed by atoms with E-state index in [4.69, 9.17) is 0 Å². The van der Waals surface area contributed by atoms with Crippen LogP contribution in [0.2, 0.25) is 0 Å². The molecule has 2 rings (SSSR count). The SMILES string of the molecule is CCN1C(=O)/C(=C/C=C/C=C/c2c([O-])n(CC)c(=O)n2CC)N(CC)C1=O. The Kier molecular flexibility index (Phi) is 6.44. The maximum absolute atomic E-state index is 12.3. The molecule has 0 N–H and O–H groups in total. The third kappa shape index (κ3) is 3.60. The number of urea groups is 1. The number of rotatable bonds is 7. The highest BCUT2D eigenvalue weighted by Crippen LogP contribution is 2.20. The largest absolute Gasteiger partial charge is 0.858 e. The molecular formula is C19H25N4O4-. The van der Waals surface area contributed by atoms with Crippen LogP contribution in [0.1, 0.15) is 33.4 Å². The number of carbonyl (C=O) groups excluding carboxylic acids is 2. The average molecular weight is 373 g/mol. The highest BCUT2D eigenvalue weighted by atomic mass is 16.3. The second-order valence-corrected chi connectivity index (χ2v) is 5.83. The quantitative estimate of drug-likeness (QED) is 0.412. The number of amides is 3. The molecule has 0 atom stereocenters. The van der Waals surface area contributed by atoms with Crippen LogP contribution in [0.25, 0.3) is 6.08 Å². The number of hydrogen-bond donors (Lipinski definition) is 0. The maximum atomic E-state index is 12.3. The van der Waals surface area contributed by atoms with Crippen LogP contribution in [0.3, 0.4) is 0 Å². The van der Waals surface area contributed by atoms with Crippen molar-refractivity contribution >= 4 is 18.0 Å². The van der Waals surface area contributed by atoms with E-state index < -0.39 is 0 Å². The normalized spacial score (nSPS) is 16.8. The Morgan fingerprint density at radius 1 is 0.815 bits per heavy atom. The first-order valence-electron chi connectivity index (χ1n) is 9.11. The highest BCUT2D eigenvalue weighted by Gasteiger charge is 2.38. The smallest absolute Gasteiger partial charge is 0.331 e. The number of imide groups is 1. The van der Waals surface area contributed by atoms with E-state index >= 15 is 0 Å². The van der Waals surface area contributed by atoms with Crippen molar-refractivity contribution in [1.82, 2.24) is 18.9 Å². The van der Waals surface area contributed by atoms with Crippen LogP contribution in [0.4, 0.5) is 4.79 Å². The molecule has 146 valence electrons. The number of imidazole rings is 1. The van der Waals surface area contributed by atoms with Crippen molar-refractivity contribution in [2.45, 2.75) is 40.8 Å². The molecule has 8 nitrogen and oxygen atoms in total. The summed E-state index contributed by atoms with van der Waals surface area (Å²) in [6.45, 7) is 8.57. The van der Waals surface area contributed by atoms with Gasteiger partial charge in [-0.3, -0.25) is 19.2 Å². The van der Waals surface area contributed by atoms with Crippen LogP contribution in [-0.4, -0.2) is 44.0 Å². The van der Waals surface area contributed by atoms with E-state index in [1.54, 1.807) is 58.1 Å². The van der Waals surface area contributed by atoms with Gasteiger partial charge in [0.25, 0.3) is 5.91 Å². The Morgan fingerprint density at radius 3 is 2.00 bits per heavy atom. The summed E-state index contributed by atoms with van der Waals surface area (Å²) >= 11 is 0. The van der Waals surface area contributed by atoms with Gasteiger partial charge in [-0.1, -0.05) is 18.2 Å². The lowest BCUT2D eigenvalue weighted by atomic mass is 10.3. The molecule has 0 saturated carbocycles. The van der Waals surface area contributed by atoms with Crippen molar-refractivity contribution in [3.63, 3.8) is 0 Å². The fraction of sp³-hybridized carbons (Fsp3) is 0.421. The topological polar surface area (TPSA) is 90.6 Å². The maximum Gasteiger partial charge on any atom is 0.331 e. The Bertz CT molecular complexity index is 873. The monoisotopic (exact) mass is 373 g/mol. The van der Waals surface area contributed by atoms with Crippen LogP contribution in [-0.2, 0) is 17.9 Å². The summed E-state index contributed by atoms with van der Waals surface area (Å²) in [6.07, 6.45) is 8.07. The predicted octanol–water partition coefficient (Wildman–Crippen LogP) is 1.52. The summed E-state index contributed by atoms with van der Waals surface area (Å²) in [5.74, 6) is -0.640. The summed E-state index contributed by atoms with van der Waals surface area (Å²) in [6, 6.07) is -0.316. The predicted molar refractivity (Wildman–Crippen MR) is 101 cm³/mol. The zero-order chi connectivity index (χ0) is 20.1. The first kappa shape index (κ1) is 20.3. The van der Waals surface area contributed by atoms with Crippen molar-refractivity contribution in [3.05, 3.63) is 46.2 Å². The first-order valence-corrected chi connectivity index (χ1v) is 9.11. The number of carbonyl (C=O) groups is 2. The summed E-state index contributed by atoms with van der Waals surface area (Å²) < 4.78 is 2.61. The fourth-order valence-electron chi connectivity index (χ4n) is 3.03. The van der Waals surface area contributed by atoms with Gasteiger partial charge in [0, 0.05) is 26.2 Å². The van der Waals surface area contributed by atoms with Crippen molar-refractivity contribution in [3.8, 4) is 5.88 Å². The minimum Gasteiger partial charge on any atom is -0.858 e. The van der Waals surface area contributed by atoms with E-state index in [-0.39, 0.29) is 23.5 Å². The lowest BCUT2D eigenvalue weighted by Crippen LogP contribution is -2.32. The first-order chi connectivity index (χ1) is 12.9. The van der Waals surface area contributed by atoms with Crippen LogP contribution in [0.5, 0.6) is 5.88 Å². The Morgan fingerprint density at radius 2 is 1.44 bits per heavy atom. The molecule has 0 spiro atoms. The van der Waals surface area contributed by atoms with Crippen LogP contribution in [0.15, 0.2) is 34.8 Å². The van der Waals surface area contributed by atoms with Crippen molar-refractivity contribution in [2.24, 2.45) is 0 Å². The van der Waals surface area contributed by atoms with Gasteiger partial charge in [0.1, 0.15) is 5.70 Å². The van der Waals surface area contributed by atoms with Gasteiger partial charge in [0.05, 0.1) is 5.69 Å². The number of hydrogen-bond acceptors (Lipinski definition) is 4. The van der Waals surface area contributed by atoms with E-state index in [0.717, 1.165) is 0 Å². The van der Waals surface area contributed by atoms with E-state index in [9.17, 15) is 19.5 Å². The lowest BCUT2D eigenvalue weighted by Gasteiger charge is -2.13. The molecule has 0 bridgehead atoms. The Labute approximate surface area is 158 Å². The number of aromatic nitrogens is 2. The summed E-state index contributed by atoms with van der Waals surface area (Å²) in [4.78, 5) is 39.1. The molecule has 0 aromatic carbocycles. The fourth-order valence-corrected chi connectivity index (χ4v) is 3.03. The Balaban J connectivity index is 2.23. The van der Waals surface area contributed by atoms with Gasteiger partial charge in [-0.05, 0) is 45.7 Å². The molecule has 8 heteroatoms. The molecule has 3 amide bonds. The second-order valence-electron chi connectivity index (χ2n) is 5.83. The van der Waals surface area contributed by atoms with Gasteiger partial charge in [0.2, 0.25) is 0 Å². The summed E-state index contributed by atoms with van der Waals surface area (Å²) in [7, 11) is 0. The minimum atomic E-state index is -0.320. The lowest BCUT2D eigenvalue weighted by molar-refractivity contribution is -0.279. The van der Waals surface area contributed by atoms with Crippen LogP contribution < -0.4 is 10.8 Å². The third-order valence-electron chi connectivity index (χ3n) is 4.43. The summed E-state index contributed by atoms with van der Waals surface area (Å²) in [5, 5.41) is 12.3. The number of nitrogens with zero attached hydrogens (tertiary/aromatic N) is 4. The van der Waals surface area contributed by atoms with E-state index in [1.165, 1.54) is 18.9 Å².